The highest BCUT2D eigenvalue weighted by atomic mass is 19.4. The van der Waals surface area contributed by atoms with Crippen LogP contribution in [0.4, 0.5) is 19.0 Å². The molecular weight excluding hydrogens is 331 g/mol. The minimum Gasteiger partial charge on any atom is -0.349 e. The van der Waals surface area contributed by atoms with E-state index in [1.807, 2.05) is 18.1 Å². The summed E-state index contributed by atoms with van der Waals surface area (Å²) in [6.07, 6.45) is 0.820. The van der Waals surface area contributed by atoms with Crippen molar-refractivity contribution >= 4 is 16.7 Å². The molecule has 1 atom stereocenters. The number of benzene rings is 1. The summed E-state index contributed by atoms with van der Waals surface area (Å²) in [4.78, 5) is 9.54. The van der Waals surface area contributed by atoms with Crippen LogP contribution in [0.2, 0.25) is 0 Å². The standard InChI is InChI=1S/C17H16F3N5/c1-24-10-11(9-21-24)14-7-4-8-25(14)15-12-5-2-3-6-13(12)22-16(23-15)17(18,19)20/h2-3,5-6,9-10,14H,4,7-8H2,1H3/t14-/m0/s1. The first kappa shape index (κ1) is 15.9. The Morgan fingerprint density at radius 2 is 1.96 bits per heavy atom. The lowest BCUT2D eigenvalue weighted by molar-refractivity contribution is -0.144. The van der Waals surface area contributed by atoms with Crippen molar-refractivity contribution in [2.75, 3.05) is 11.4 Å². The van der Waals surface area contributed by atoms with E-state index in [1.165, 1.54) is 0 Å². The topological polar surface area (TPSA) is 46.8 Å². The van der Waals surface area contributed by atoms with Gasteiger partial charge in [-0.3, -0.25) is 4.68 Å². The molecule has 0 bridgehead atoms. The summed E-state index contributed by atoms with van der Waals surface area (Å²) in [7, 11) is 1.82. The Bertz CT molecular complexity index is 918. The van der Waals surface area contributed by atoms with Gasteiger partial charge in [-0.15, -0.1) is 0 Å². The Labute approximate surface area is 142 Å². The summed E-state index contributed by atoms with van der Waals surface area (Å²) in [6.45, 7) is 0.651. The second-order valence-corrected chi connectivity index (χ2v) is 6.18. The number of halogens is 3. The molecule has 8 heteroatoms. The van der Waals surface area contributed by atoms with E-state index in [2.05, 4.69) is 15.1 Å². The van der Waals surface area contributed by atoms with Crippen molar-refractivity contribution in [1.29, 1.82) is 0 Å². The fraction of sp³-hybridized carbons (Fsp3) is 0.353. The summed E-state index contributed by atoms with van der Waals surface area (Å²) in [5, 5.41) is 4.82. The first-order chi connectivity index (χ1) is 11.9. The number of hydrogen-bond donors (Lipinski definition) is 0. The van der Waals surface area contributed by atoms with E-state index in [-0.39, 0.29) is 6.04 Å². The van der Waals surface area contributed by atoms with Crippen molar-refractivity contribution in [2.24, 2.45) is 7.05 Å². The molecule has 0 aliphatic carbocycles. The van der Waals surface area contributed by atoms with Gasteiger partial charge in [-0.1, -0.05) is 12.1 Å². The third kappa shape index (κ3) is 2.81. The minimum atomic E-state index is -4.58. The van der Waals surface area contributed by atoms with E-state index >= 15 is 0 Å². The average Bonchev–Trinajstić information content (AvgIpc) is 3.21. The van der Waals surface area contributed by atoms with Gasteiger partial charge >= 0.3 is 6.18 Å². The van der Waals surface area contributed by atoms with Gasteiger partial charge in [0.05, 0.1) is 17.8 Å². The maximum atomic E-state index is 13.2. The molecule has 1 aliphatic heterocycles. The van der Waals surface area contributed by atoms with Gasteiger partial charge in [0, 0.05) is 30.7 Å². The van der Waals surface area contributed by atoms with Gasteiger partial charge in [-0.2, -0.15) is 18.3 Å². The van der Waals surface area contributed by atoms with Gasteiger partial charge in [0.2, 0.25) is 5.82 Å². The lowest BCUT2D eigenvalue weighted by Gasteiger charge is -2.26. The van der Waals surface area contributed by atoms with Gasteiger partial charge in [0.15, 0.2) is 0 Å². The van der Waals surface area contributed by atoms with Crippen molar-refractivity contribution < 1.29 is 13.2 Å². The monoisotopic (exact) mass is 347 g/mol. The smallest absolute Gasteiger partial charge is 0.349 e. The van der Waals surface area contributed by atoms with Crippen molar-refractivity contribution in [3.8, 4) is 0 Å². The summed E-state index contributed by atoms with van der Waals surface area (Å²) in [6, 6.07) is 6.79. The van der Waals surface area contributed by atoms with Gasteiger partial charge < -0.3 is 4.90 Å². The van der Waals surface area contributed by atoms with Crippen LogP contribution in [-0.2, 0) is 13.2 Å². The molecule has 1 aromatic carbocycles. The van der Waals surface area contributed by atoms with Crippen LogP contribution < -0.4 is 4.90 Å². The number of aryl methyl sites for hydroxylation is 1. The fourth-order valence-electron chi connectivity index (χ4n) is 3.38. The van der Waals surface area contributed by atoms with Crippen molar-refractivity contribution in [3.63, 3.8) is 0 Å². The number of rotatable bonds is 2. The van der Waals surface area contributed by atoms with Crippen molar-refractivity contribution in [1.82, 2.24) is 19.7 Å². The molecule has 0 spiro atoms. The number of fused-ring (bicyclic) bond motifs is 1. The minimum absolute atomic E-state index is 0.0342. The molecule has 4 rings (SSSR count). The first-order valence-electron chi connectivity index (χ1n) is 8.02. The van der Waals surface area contributed by atoms with Crippen LogP contribution >= 0.6 is 0 Å². The molecule has 0 unspecified atom stereocenters. The van der Waals surface area contributed by atoms with Crippen LogP contribution in [0.15, 0.2) is 36.7 Å². The van der Waals surface area contributed by atoms with E-state index in [0.717, 1.165) is 18.4 Å². The summed E-state index contributed by atoms with van der Waals surface area (Å²) in [5.41, 5.74) is 1.29. The molecule has 1 aliphatic rings. The first-order valence-corrected chi connectivity index (χ1v) is 8.02. The Balaban J connectivity index is 1.87. The molecule has 130 valence electrons. The van der Waals surface area contributed by atoms with Crippen molar-refractivity contribution in [3.05, 3.63) is 48.0 Å². The van der Waals surface area contributed by atoms with Gasteiger partial charge in [0.1, 0.15) is 5.82 Å². The average molecular weight is 347 g/mol. The fourth-order valence-corrected chi connectivity index (χ4v) is 3.38. The predicted molar refractivity (Wildman–Crippen MR) is 87.1 cm³/mol. The lowest BCUT2D eigenvalue weighted by atomic mass is 10.1. The molecule has 0 radical (unpaired) electrons. The third-order valence-corrected chi connectivity index (χ3v) is 4.47. The molecule has 0 amide bonds. The number of alkyl halides is 3. The number of nitrogens with zero attached hydrogens (tertiary/aromatic N) is 5. The van der Waals surface area contributed by atoms with E-state index in [4.69, 9.17) is 0 Å². The largest absolute Gasteiger partial charge is 0.451 e. The Morgan fingerprint density at radius 3 is 2.68 bits per heavy atom. The normalized spacial score (nSPS) is 18.2. The maximum Gasteiger partial charge on any atom is 0.451 e. The van der Waals surface area contributed by atoms with Crippen LogP contribution in [0.25, 0.3) is 10.9 Å². The molecule has 25 heavy (non-hydrogen) atoms. The zero-order valence-electron chi connectivity index (χ0n) is 13.5. The molecular formula is C17H16F3N5. The lowest BCUT2D eigenvalue weighted by Crippen LogP contribution is -2.25. The molecule has 0 N–H and O–H groups in total. The molecule has 5 nitrogen and oxygen atoms in total. The highest BCUT2D eigenvalue weighted by Crippen LogP contribution is 2.39. The van der Waals surface area contributed by atoms with Crippen LogP contribution in [0.1, 0.15) is 30.3 Å². The number of para-hydroxylation sites is 1. The van der Waals surface area contributed by atoms with E-state index in [0.29, 0.717) is 23.3 Å². The zero-order chi connectivity index (χ0) is 17.6. The second-order valence-electron chi connectivity index (χ2n) is 6.18. The van der Waals surface area contributed by atoms with Crippen LogP contribution in [-0.4, -0.2) is 26.3 Å². The van der Waals surface area contributed by atoms with Crippen LogP contribution in [0, 0.1) is 0 Å². The molecule has 3 aromatic rings. The zero-order valence-corrected chi connectivity index (χ0v) is 13.5. The van der Waals surface area contributed by atoms with Gasteiger partial charge in [-0.25, -0.2) is 9.97 Å². The quantitative estimate of drug-likeness (QED) is 0.709. The van der Waals surface area contributed by atoms with E-state index in [9.17, 15) is 13.2 Å². The Hall–Kier alpha value is -2.64. The molecule has 2 aromatic heterocycles. The van der Waals surface area contributed by atoms with Crippen LogP contribution in [0.3, 0.4) is 0 Å². The van der Waals surface area contributed by atoms with Gasteiger partial charge in [-0.05, 0) is 25.0 Å². The SMILES string of the molecule is Cn1cc([C@@H]2CCCN2c2nc(C(F)(F)F)nc3ccccc23)cn1. The van der Waals surface area contributed by atoms with E-state index < -0.39 is 12.0 Å². The molecule has 1 fully saturated rings. The Kier molecular flexibility index (Phi) is 3.63. The van der Waals surface area contributed by atoms with Gasteiger partial charge in [0.25, 0.3) is 0 Å². The summed E-state index contributed by atoms with van der Waals surface area (Å²) < 4.78 is 41.4. The number of aromatic nitrogens is 4. The highest BCUT2D eigenvalue weighted by Gasteiger charge is 2.37. The Morgan fingerprint density at radius 1 is 1.16 bits per heavy atom. The predicted octanol–water partition coefficient (Wildman–Crippen LogP) is 3.72. The third-order valence-electron chi connectivity index (χ3n) is 4.47. The van der Waals surface area contributed by atoms with E-state index in [1.54, 1.807) is 35.1 Å². The summed E-state index contributed by atoms with van der Waals surface area (Å²) in [5.74, 6) is -0.762. The molecule has 1 saturated heterocycles. The summed E-state index contributed by atoms with van der Waals surface area (Å²) >= 11 is 0. The highest BCUT2D eigenvalue weighted by molar-refractivity contribution is 5.89. The van der Waals surface area contributed by atoms with Crippen molar-refractivity contribution in [2.45, 2.75) is 25.1 Å². The maximum absolute atomic E-state index is 13.2. The van der Waals surface area contributed by atoms with Crippen LogP contribution in [0.5, 0.6) is 0 Å². The molecule has 3 heterocycles. The molecule has 0 saturated carbocycles. The number of hydrogen-bond acceptors (Lipinski definition) is 4. The number of anilines is 1. The second kappa shape index (κ2) is 5.72.